The van der Waals surface area contributed by atoms with E-state index >= 15 is 0 Å². The molecule has 9 heteroatoms. The van der Waals surface area contributed by atoms with Gasteiger partial charge in [0.1, 0.15) is 23.9 Å². The Kier molecular flexibility index (Phi) is 6.18. The molecule has 32 heavy (non-hydrogen) atoms. The third-order valence-electron chi connectivity index (χ3n) is 5.39. The summed E-state index contributed by atoms with van der Waals surface area (Å²) in [6.45, 7) is 2.19. The van der Waals surface area contributed by atoms with Crippen LogP contribution in [0.25, 0.3) is 0 Å². The summed E-state index contributed by atoms with van der Waals surface area (Å²) in [4.78, 5) is 24.7. The van der Waals surface area contributed by atoms with E-state index in [0.717, 1.165) is 16.2 Å². The van der Waals surface area contributed by atoms with E-state index in [1.165, 1.54) is 0 Å². The minimum Gasteiger partial charge on any atom is -0.497 e. The van der Waals surface area contributed by atoms with E-state index in [1.807, 2.05) is 55.5 Å². The third kappa shape index (κ3) is 4.47. The van der Waals surface area contributed by atoms with Gasteiger partial charge in [-0.3, -0.25) is 10.1 Å². The zero-order valence-corrected chi connectivity index (χ0v) is 18.7. The lowest BCUT2D eigenvalue weighted by Gasteiger charge is -2.33. The second-order valence-electron chi connectivity index (χ2n) is 7.55. The number of hydrogen-bond acceptors (Lipinski definition) is 7. The average molecular weight is 457 g/mol. The Hall–Kier alpha value is -3.33. The van der Waals surface area contributed by atoms with Gasteiger partial charge in [-0.25, -0.2) is 4.79 Å². The van der Waals surface area contributed by atoms with Gasteiger partial charge in [0.25, 0.3) is 5.91 Å². The summed E-state index contributed by atoms with van der Waals surface area (Å²) in [5.41, 5.74) is 0.0437. The number of nitrogens with one attached hydrogen (secondary N) is 2. The van der Waals surface area contributed by atoms with E-state index < -0.39 is 17.7 Å². The molecule has 2 aliphatic heterocycles. The van der Waals surface area contributed by atoms with Gasteiger partial charge in [0.05, 0.1) is 25.7 Å². The number of methoxy groups -OCH3 is 2. The Morgan fingerprint density at radius 2 is 1.72 bits per heavy atom. The van der Waals surface area contributed by atoms with Crippen LogP contribution in [0.4, 0.5) is 4.79 Å². The normalized spacial score (nSPS) is 24.0. The Balaban J connectivity index is 1.39. The van der Waals surface area contributed by atoms with Crippen LogP contribution in [-0.4, -0.2) is 43.1 Å². The zero-order chi connectivity index (χ0) is 22.7. The number of amides is 3. The lowest BCUT2D eigenvalue weighted by molar-refractivity contribution is -0.125. The maximum atomic E-state index is 12.1. The van der Waals surface area contributed by atoms with Crippen molar-refractivity contribution in [1.29, 1.82) is 0 Å². The predicted octanol–water partition coefficient (Wildman–Crippen LogP) is 3.25. The number of carbonyl (C=O) groups excluding carboxylic acids is 2. The van der Waals surface area contributed by atoms with Crippen molar-refractivity contribution < 1.29 is 28.5 Å². The first kappa shape index (κ1) is 21.9. The van der Waals surface area contributed by atoms with Gasteiger partial charge in [-0.2, -0.15) is 0 Å². The second-order valence-corrected chi connectivity index (χ2v) is 8.76. The second kappa shape index (κ2) is 9.04. The van der Waals surface area contributed by atoms with E-state index in [-0.39, 0.29) is 11.2 Å². The standard InChI is InChI=1S/C23H24N2O6S/c1-23(20-21(26)25-22(27)24-20)19(8-9-31-23)32-18-6-4-15(5-7-18)30-13-14-10-16(28-2)12-17(11-14)29-3/h4-12,19-20H,13H2,1-3H3,(H2,24,25,26,27). The number of carbonyl (C=O) groups is 2. The first-order valence-corrected chi connectivity index (χ1v) is 10.9. The van der Waals surface area contributed by atoms with Crippen LogP contribution in [0.2, 0.25) is 0 Å². The Bertz CT molecular complexity index is 1020. The fraction of sp³-hybridized carbons (Fsp3) is 0.304. The number of ether oxygens (including phenoxy) is 4. The molecule has 3 unspecified atom stereocenters. The number of imide groups is 1. The van der Waals surface area contributed by atoms with Crippen molar-refractivity contribution in [3.05, 3.63) is 60.4 Å². The average Bonchev–Trinajstić information content (AvgIpc) is 3.34. The molecule has 0 spiro atoms. The van der Waals surface area contributed by atoms with Crippen molar-refractivity contribution in [3.63, 3.8) is 0 Å². The van der Waals surface area contributed by atoms with Crippen LogP contribution >= 0.6 is 11.8 Å². The molecular formula is C23H24N2O6S. The molecule has 3 amide bonds. The minimum absolute atomic E-state index is 0.160. The first-order chi connectivity index (χ1) is 15.4. The van der Waals surface area contributed by atoms with Crippen molar-refractivity contribution in [2.45, 2.75) is 35.3 Å². The molecule has 4 rings (SSSR count). The highest BCUT2D eigenvalue weighted by atomic mass is 32.2. The molecule has 0 saturated carbocycles. The van der Waals surface area contributed by atoms with Gasteiger partial charge in [-0.05, 0) is 55.0 Å². The highest BCUT2D eigenvalue weighted by Crippen LogP contribution is 2.40. The fourth-order valence-corrected chi connectivity index (χ4v) is 4.76. The topological polar surface area (TPSA) is 95.1 Å². The van der Waals surface area contributed by atoms with Crippen LogP contribution in [0, 0.1) is 0 Å². The van der Waals surface area contributed by atoms with Gasteiger partial charge in [-0.1, -0.05) is 0 Å². The van der Waals surface area contributed by atoms with E-state index in [1.54, 1.807) is 32.2 Å². The van der Waals surface area contributed by atoms with E-state index in [9.17, 15) is 9.59 Å². The summed E-state index contributed by atoms with van der Waals surface area (Å²) in [6.07, 6.45) is 3.47. The minimum atomic E-state index is -0.887. The summed E-state index contributed by atoms with van der Waals surface area (Å²) in [5, 5.41) is 4.75. The molecule has 2 aliphatic rings. The van der Waals surface area contributed by atoms with Gasteiger partial charge in [0.2, 0.25) is 0 Å². The maximum absolute atomic E-state index is 12.1. The van der Waals surface area contributed by atoms with E-state index in [4.69, 9.17) is 18.9 Å². The lowest BCUT2D eigenvalue weighted by atomic mass is 9.93. The molecule has 168 valence electrons. The zero-order valence-electron chi connectivity index (χ0n) is 17.9. The van der Waals surface area contributed by atoms with Gasteiger partial charge in [0, 0.05) is 11.0 Å². The SMILES string of the molecule is COc1cc(COc2ccc(SC3C=COC3(C)C3NC(=O)NC3=O)cc2)cc(OC)c1. The van der Waals surface area contributed by atoms with Gasteiger partial charge >= 0.3 is 6.03 Å². The molecule has 1 saturated heterocycles. The summed E-state index contributed by atoms with van der Waals surface area (Å²) < 4.78 is 22.2. The molecule has 1 fully saturated rings. The highest BCUT2D eigenvalue weighted by molar-refractivity contribution is 8.00. The monoisotopic (exact) mass is 456 g/mol. The Morgan fingerprint density at radius 3 is 2.31 bits per heavy atom. The van der Waals surface area contributed by atoms with E-state index in [0.29, 0.717) is 18.1 Å². The van der Waals surface area contributed by atoms with Gasteiger partial charge < -0.3 is 24.3 Å². The number of thioether (sulfide) groups is 1. The molecule has 0 bridgehead atoms. The van der Waals surface area contributed by atoms with Crippen molar-refractivity contribution in [3.8, 4) is 17.2 Å². The fourth-order valence-electron chi connectivity index (χ4n) is 3.60. The van der Waals surface area contributed by atoms with Crippen molar-refractivity contribution >= 4 is 23.7 Å². The number of urea groups is 1. The predicted molar refractivity (Wildman–Crippen MR) is 119 cm³/mol. The van der Waals surface area contributed by atoms with Crippen molar-refractivity contribution in [2.24, 2.45) is 0 Å². The van der Waals surface area contributed by atoms with Gasteiger partial charge in [0.15, 0.2) is 11.6 Å². The number of hydrogen-bond donors (Lipinski definition) is 2. The first-order valence-electron chi connectivity index (χ1n) is 9.98. The largest absolute Gasteiger partial charge is 0.497 e. The molecule has 2 N–H and O–H groups in total. The van der Waals surface area contributed by atoms with Gasteiger partial charge in [-0.15, -0.1) is 11.8 Å². The smallest absolute Gasteiger partial charge is 0.322 e. The summed E-state index contributed by atoms with van der Waals surface area (Å²) in [7, 11) is 3.22. The van der Waals surface area contributed by atoms with Crippen LogP contribution in [0.15, 0.2) is 59.7 Å². The molecule has 0 aromatic heterocycles. The van der Waals surface area contributed by atoms with Crippen LogP contribution in [0.3, 0.4) is 0 Å². The summed E-state index contributed by atoms with van der Waals surface area (Å²) in [5.74, 6) is 1.75. The quantitative estimate of drug-likeness (QED) is 0.589. The molecule has 2 heterocycles. The van der Waals surface area contributed by atoms with Crippen molar-refractivity contribution in [2.75, 3.05) is 14.2 Å². The summed E-state index contributed by atoms with van der Waals surface area (Å²) >= 11 is 1.55. The molecule has 0 radical (unpaired) electrons. The summed E-state index contributed by atoms with van der Waals surface area (Å²) in [6, 6.07) is 12.0. The molecular weight excluding hydrogens is 432 g/mol. The third-order valence-corrected chi connectivity index (χ3v) is 6.81. The Labute approximate surface area is 190 Å². The molecule has 2 aromatic rings. The maximum Gasteiger partial charge on any atom is 0.322 e. The van der Waals surface area contributed by atoms with Crippen LogP contribution < -0.4 is 24.8 Å². The lowest BCUT2D eigenvalue weighted by Crippen LogP contribution is -2.54. The highest BCUT2D eigenvalue weighted by Gasteiger charge is 2.52. The molecule has 8 nitrogen and oxygen atoms in total. The Morgan fingerprint density at radius 1 is 1.03 bits per heavy atom. The van der Waals surface area contributed by atoms with Crippen LogP contribution in [-0.2, 0) is 16.1 Å². The molecule has 0 aliphatic carbocycles. The van der Waals surface area contributed by atoms with Crippen LogP contribution in [0.1, 0.15) is 12.5 Å². The van der Waals surface area contributed by atoms with Crippen molar-refractivity contribution in [1.82, 2.24) is 10.6 Å². The van der Waals surface area contributed by atoms with Crippen LogP contribution in [0.5, 0.6) is 17.2 Å². The molecule has 2 aromatic carbocycles. The molecule has 3 atom stereocenters. The number of benzene rings is 2. The van der Waals surface area contributed by atoms with E-state index in [2.05, 4.69) is 10.6 Å². The number of rotatable bonds is 8.